The van der Waals surface area contributed by atoms with E-state index in [0.29, 0.717) is 0 Å². The minimum atomic E-state index is 0.770. The van der Waals surface area contributed by atoms with E-state index in [1.807, 2.05) is 18.2 Å². The highest BCUT2D eigenvalue weighted by Gasteiger charge is 1.99. The Bertz CT molecular complexity index is 468. The predicted molar refractivity (Wildman–Crippen MR) is 76.2 cm³/mol. The molecule has 2 aromatic carbocycles. The first-order chi connectivity index (χ1) is 8.88. The molecule has 0 spiro atoms. The SMILES string of the molecule is CCCCOc1[c]ccc(Sc2ccccc2)c1. The molecule has 2 heteroatoms. The molecular formula is C16H17OS. The summed E-state index contributed by atoms with van der Waals surface area (Å²) < 4.78 is 5.66. The molecule has 0 aliphatic heterocycles. The van der Waals surface area contributed by atoms with E-state index in [4.69, 9.17) is 4.74 Å². The van der Waals surface area contributed by atoms with Gasteiger partial charge in [0.1, 0.15) is 5.75 Å². The average Bonchev–Trinajstić information content (AvgIpc) is 2.41. The van der Waals surface area contributed by atoms with Crippen LogP contribution in [0, 0.1) is 6.07 Å². The Morgan fingerprint density at radius 3 is 2.72 bits per heavy atom. The second-order valence-electron chi connectivity index (χ2n) is 4.01. The standard InChI is InChI=1S/C16H17OS/c1-2-3-12-17-14-8-7-11-16(13-14)18-15-9-5-4-6-10-15/h4-7,9-11,13H,2-3,12H2,1H3. The fourth-order valence-electron chi connectivity index (χ4n) is 1.52. The van der Waals surface area contributed by atoms with Crippen molar-refractivity contribution in [2.45, 2.75) is 29.6 Å². The maximum Gasteiger partial charge on any atom is 0.128 e. The van der Waals surface area contributed by atoms with Crippen LogP contribution in [0.4, 0.5) is 0 Å². The third kappa shape index (κ3) is 4.11. The van der Waals surface area contributed by atoms with Gasteiger partial charge in [-0.3, -0.25) is 0 Å². The molecule has 0 aliphatic carbocycles. The number of hydrogen-bond donors (Lipinski definition) is 0. The molecule has 93 valence electrons. The molecule has 0 heterocycles. The fraction of sp³-hybridized carbons (Fsp3) is 0.250. The highest BCUT2D eigenvalue weighted by Crippen LogP contribution is 2.29. The topological polar surface area (TPSA) is 9.23 Å². The van der Waals surface area contributed by atoms with E-state index in [0.717, 1.165) is 25.2 Å². The first kappa shape index (κ1) is 13.0. The summed E-state index contributed by atoms with van der Waals surface area (Å²) in [5.41, 5.74) is 0. The van der Waals surface area contributed by atoms with E-state index < -0.39 is 0 Å². The van der Waals surface area contributed by atoms with Crippen LogP contribution in [0.15, 0.2) is 58.3 Å². The van der Waals surface area contributed by atoms with E-state index in [1.165, 1.54) is 9.79 Å². The molecule has 0 saturated carbocycles. The van der Waals surface area contributed by atoms with E-state index in [-0.39, 0.29) is 0 Å². The van der Waals surface area contributed by atoms with Crippen molar-refractivity contribution in [2.75, 3.05) is 6.61 Å². The minimum Gasteiger partial charge on any atom is -0.493 e. The lowest BCUT2D eigenvalue weighted by molar-refractivity contribution is 0.308. The van der Waals surface area contributed by atoms with Gasteiger partial charge in [-0.1, -0.05) is 43.3 Å². The van der Waals surface area contributed by atoms with Gasteiger partial charge in [-0.05, 0) is 36.8 Å². The Labute approximate surface area is 113 Å². The Morgan fingerprint density at radius 2 is 1.94 bits per heavy atom. The lowest BCUT2D eigenvalue weighted by atomic mass is 10.3. The quantitative estimate of drug-likeness (QED) is 0.686. The minimum absolute atomic E-state index is 0.770. The third-order valence-corrected chi connectivity index (χ3v) is 3.48. The van der Waals surface area contributed by atoms with Crippen molar-refractivity contribution in [3.05, 3.63) is 54.6 Å². The van der Waals surface area contributed by atoms with E-state index in [9.17, 15) is 0 Å². The van der Waals surface area contributed by atoms with E-state index >= 15 is 0 Å². The van der Waals surface area contributed by atoms with Crippen molar-refractivity contribution < 1.29 is 4.74 Å². The van der Waals surface area contributed by atoms with Gasteiger partial charge in [0.25, 0.3) is 0 Å². The molecular weight excluding hydrogens is 240 g/mol. The monoisotopic (exact) mass is 257 g/mol. The molecule has 0 N–H and O–H groups in total. The number of benzene rings is 2. The summed E-state index contributed by atoms with van der Waals surface area (Å²) in [4.78, 5) is 2.43. The fourth-order valence-corrected chi connectivity index (χ4v) is 2.39. The number of unbranched alkanes of at least 4 members (excludes halogenated alkanes) is 1. The van der Waals surface area contributed by atoms with Gasteiger partial charge in [-0.15, -0.1) is 0 Å². The molecule has 0 unspecified atom stereocenters. The molecule has 2 aromatic rings. The van der Waals surface area contributed by atoms with Gasteiger partial charge in [0.15, 0.2) is 0 Å². The van der Waals surface area contributed by atoms with Crippen LogP contribution in [-0.4, -0.2) is 6.61 Å². The van der Waals surface area contributed by atoms with Crippen LogP contribution in [-0.2, 0) is 0 Å². The van der Waals surface area contributed by atoms with Crippen LogP contribution < -0.4 is 4.74 Å². The second-order valence-corrected chi connectivity index (χ2v) is 5.15. The predicted octanol–water partition coefficient (Wildman–Crippen LogP) is 4.82. The molecule has 0 atom stereocenters. The first-order valence-corrected chi connectivity index (χ1v) is 7.07. The molecule has 0 saturated heterocycles. The van der Waals surface area contributed by atoms with Gasteiger partial charge in [0.05, 0.1) is 6.61 Å². The van der Waals surface area contributed by atoms with Gasteiger partial charge in [0, 0.05) is 15.9 Å². The summed E-state index contributed by atoms with van der Waals surface area (Å²) in [6.45, 7) is 2.93. The summed E-state index contributed by atoms with van der Waals surface area (Å²) >= 11 is 1.74. The number of rotatable bonds is 6. The lowest BCUT2D eigenvalue weighted by Gasteiger charge is -2.07. The third-order valence-electron chi connectivity index (χ3n) is 2.48. The van der Waals surface area contributed by atoms with Gasteiger partial charge < -0.3 is 4.74 Å². The van der Waals surface area contributed by atoms with Gasteiger partial charge in [-0.2, -0.15) is 0 Å². The summed E-state index contributed by atoms with van der Waals surface area (Å²) in [5.74, 6) is 0.837. The normalized spacial score (nSPS) is 10.3. The van der Waals surface area contributed by atoms with Crippen LogP contribution in [0.1, 0.15) is 19.8 Å². The summed E-state index contributed by atoms with van der Waals surface area (Å²) in [5, 5.41) is 0. The van der Waals surface area contributed by atoms with Crippen LogP contribution in [0.3, 0.4) is 0 Å². The molecule has 0 aliphatic rings. The molecule has 0 aromatic heterocycles. The summed E-state index contributed by atoms with van der Waals surface area (Å²) in [7, 11) is 0. The maximum absolute atomic E-state index is 5.66. The van der Waals surface area contributed by atoms with Crippen molar-refractivity contribution in [1.29, 1.82) is 0 Å². The van der Waals surface area contributed by atoms with Crippen molar-refractivity contribution in [1.82, 2.24) is 0 Å². The smallest absolute Gasteiger partial charge is 0.128 e. The molecule has 0 bridgehead atoms. The van der Waals surface area contributed by atoms with E-state index in [1.54, 1.807) is 11.8 Å². The zero-order valence-corrected chi connectivity index (χ0v) is 11.4. The Balaban J connectivity index is 1.99. The first-order valence-electron chi connectivity index (χ1n) is 6.26. The zero-order valence-electron chi connectivity index (χ0n) is 10.6. The summed E-state index contributed by atoms with van der Waals surface area (Å²) in [6.07, 6.45) is 2.24. The van der Waals surface area contributed by atoms with Crippen molar-refractivity contribution in [3.8, 4) is 5.75 Å². The van der Waals surface area contributed by atoms with E-state index in [2.05, 4.69) is 43.3 Å². The summed E-state index contributed by atoms with van der Waals surface area (Å²) in [6, 6.07) is 19.5. The molecule has 0 fully saturated rings. The second kappa shape index (κ2) is 7.12. The van der Waals surface area contributed by atoms with Gasteiger partial charge in [-0.25, -0.2) is 0 Å². The van der Waals surface area contributed by atoms with Crippen molar-refractivity contribution in [3.63, 3.8) is 0 Å². The molecule has 0 amide bonds. The van der Waals surface area contributed by atoms with Crippen LogP contribution in [0.25, 0.3) is 0 Å². The zero-order chi connectivity index (χ0) is 12.6. The van der Waals surface area contributed by atoms with Crippen LogP contribution in [0.2, 0.25) is 0 Å². The van der Waals surface area contributed by atoms with Gasteiger partial charge in [0.2, 0.25) is 0 Å². The number of ether oxygens (including phenoxy) is 1. The largest absolute Gasteiger partial charge is 0.493 e. The number of hydrogen-bond acceptors (Lipinski definition) is 2. The highest BCUT2D eigenvalue weighted by atomic mass is 32.2. The lowest BCUT2D eigenvalue weighted by Crippen LogP contribution is -1.96. The molecule has 18 heavy (non-hydrogen) atoms. The maximum atomic E-state index is 5.66. The van der Waals surface area contributed by atoms with Crippen LogP contribution in [0.5, 0.6) is 5.75 Å². The van der Waals surface area contributed by atoms with Crippen LogP contribution >= 0.6 is 11.8 Å². The Morgan fingerprint density at radius 1 is 1.11 bits per heavy atom. The highest BCUT2D eigenvalue weighted by molar-refractivity contribution is 7.99. The molecule has 1 nitrogen and oxygen atoms in total. The molecule has 2 rings (SSSR count). The van der Waals surface area contributed by atoms with Gasteiger partial charge >= 0.3 is 0 Å². The average molecular weight is 257 g/mol. The Kier molecular flexibility index (Phi) is 5.15. The van der Waals surface area contributed by atoms with Crippen molar-refractivity contribution >= 4 is 11.8 Å². The van der Waals surface area contributed by atoms with Crippen molar-refractivity contribution in [2.24, 2.45) is 0 Å². The molecule has 1 radical (unpaired) electrons. The Hall–Kier alpha value is -1.41.